The summed E-state index contributed by atoms with van der Waals surface area (Å²) in [5.74, 6) is -0.234. The van der Waals surface area contributed by atoms with Crippen molar-refractivity contribution in [3.63, 3.8) is 0 Å². The summed E-state index contributed by atoms with van der Waals surface area (Å²) < 4.78 is 10.8. The van der Waals surface area contributed by atoms with Crippen LogP contribution in [0.5, 0.6) is 0 Å². The zero-order valence-electron chi connectivity index (χ0n) is 20.2. The molecule has 1 N–H and O–H groups in total. The van der Waals surface area contributed by atoms with E-state index >= 15 is 0 Å². The third kappa shape index (κ3) is 23.1. The van der Waals surface area contributed by atoms with E-state index in [1.54, 1.807) is 0 Å². The van der Waals surface area contributed by atoms with Gasteiger partial charge in [0.1, 0.15) is 6.10 Å². The molecule has 0 radical (unpaired) electrons. The van der Waals surface area contributed by atoms with Crippen LogP contribution in [0.15, 0.2) is 36.5 Å². The third-order valence-corrected chi connectivity index (χ3v) is 4.98. The van der Waals surface area contributed by atoms with E-state index in [-0.39, 0.29) is 19.2 Å². The van der Waals surface area contributed by atoms with Crippen LogP contribution < -0.4 is 0 Å². The smallest absolute Gasteiger partial charge is 0.306 e. The van der Waals surface area contributed by atoms with E-state index in [1.165, 1.54) is 32.1 Å². The molecule has 180 valence electrons. The number of aliphatic hydroxyl groups is 1. The largest absolute Gasteiger partial charge is 0.457 e. The molecule has 0 rings (SSSR count). The van der Waals surface area contributed by atoms with Crippen molar-refractivity contribution in [2.75, 3.05) is 19.8 Å². The summed E-state index contributed by atoms with van der Waals surface area (Å²) in [6, 6.07) is 0. The van der Waals surface area contributed by atoms with Crippen molar-refractivity contribution >= 4 is 5.97 Å². The molecule has 1 unspecified atom stereocenters. The molecule has 0 aromatic carbocycles. The number of carbonyl (C=O) groups is 1. The number of aliphatic hydroxyl groups excluding tert-OH is 1. The Hall–Kier alpha value is -1.39. The van der Waals surface area contributed by atoms with Gasteiger partial charge in [-0.3, -0.25) is 4.79 Å². The third-order valence-electron chi connectivity index (χ3n) is 4.98. The number of allylic oxidation sites excluding steroid dienone is 6. The molecule has 0 aromatic heterocycles. The molecule has 31 heavy (non-hydrogen) atoms. The van der Waals surface area contributed by atoms with Crippen molar-refractivity contribution < 1.29 is 19.4 Å². The fourth-order valence-corrected chi connectivity index (χ4v) is 3.10. The maximum Gasteiger partial charge on any atom is 0.306 e. The van der Waals surface area contributed by atoms with E-state index in [1.807, 2.05) is 0 Å². The minimum absolute atomic E-state index is 0.180. The van der Waals surface area contributed by atoms with Gasteiger partial charge in [0, 0.05) is 13.0 Å². The lowest BCUT2D eigenvalue weighted by atomic mass is 10.1. The van der Waals surface area contributed by atoms with E-state index in [0.717, 1.165) is 51.4 Å². The van der Waals surface area contributed by atoms with Crippen molar-refractivity contribution in [3.05, 3.63) is 36.5 Å². The van der Waals surface area contributed by atoms with Gasteiger partial charge in [0.05, 0.1) is 13.2 Å². The molecule has 4 nitrogen and oxygen atoms in total. The van der Waals surface area contributed by atoms with E-state index in [9.17, 15) is 9.90 Å². The van der Waals surface area contributed by atoms with Gasteiger partial charge in [0.15, 0.2) is 0 Å². The van der Waals surface area contributed by atoms with Crippen LogP contribution in [0.3, 0.4) is 0 Å². The Labute approximate surface area is 191 Å². The van der Waals surface area contributed by atoms with Gasteiger partial charge >= 0.3 is 5.97 Å². The van der Waals surface area contributed by atoms with Crippen LogP contribution in [0.2, 0.25) is 0 Å². The Kier molecular flexibility index (Phi) is 23.8. The van der Waals surface area contributed by atoms with Gasteiger partial charge in [0.2, 0.25) is 0 Å². The molecule has 0 bridgehead atoms. The minimum atomic E-state index is -0.532. The predicted molar refractivity (Wildman–Crippen MR) is 131 cm³/mol. The average Bonchev–Trinajstić information content (AvgIpc) is 2.77. The van der Waals surface area contributed by atoms with Crippen LogP contribution in [0.1, 0.15) is 104 Å². The maximum atomic E-state index is 11.7. The highest BCUT2D eigenvalue weighted by Crippen LogP contribution is 2.09. The molecule has 0 saturated carbocycles. The number of ether oxygens (including phenoxy) is 2. The lowest BCUT2D eigenvalue weighted by Gasteiger charge is -2.15. The summed E-state index contributed by atoms with van der Waals surface area (Å²) in [5.41, 5.74) is 0. The first-order valence-electron chi connectivity index (χ1n) is 12.6. The highest BCUT2D eigenvalue weighted by molar-refractivity contribution is 5.69. The zero-order valence-corrected chi connectivity index (χ0v) is 20.2. The number of esters is 1. The monoisotopic (exact) mass is 436 g/mol. The minimum Gasteiger partial charge on any atom is -0.457 e. The molecule has 0 aliphatic heterocycles. The zero-order chi connectivity index (χ0) is 22.8. The van der Waals surface area contributed by atoms with E-state index in [4.69, 9.17) is 9.47 Å². The first-order valence-corrected chi connectivity index (χ1v) is 12.6. The van der Waals surface area contributed by atoms with Crippen LogP contribution in [-0.4, -0.2) is 37.0 Å². The second kappa shape index (κ2) is 24.9. The van der Waals surface area contributed by atoms with Gasteiger partial charge in [-0.05, 0) is 44.9 Å². The van der Waals surface area contributed by atoms with Crippen molar-refractivity contribution in [1.29, 1.82) is 0 Å². The molecule has 0 amide bonds. The fraction of sp³-hybridized carbons (Fsp3) is 0.741. The van der Waals surface area contributed by atoms with E-state index < -0.39 is 6.10 Å². The fourth-order valence-electron chi connectivity index (χ4n) is 3.10. The Morgan fingerprint density at radius 2 is 1.45 bits per heavy atom. The molecule has 0 fully saturated rings. The summed E-state index contributed by atoms with van der Waals surface area (Å²) in [4.78, 5) is 11.7. The van der Waals surface area contributed by atoms with Crippen molar-refractivity contribution in [1.82, 2.24) is 0 Å². The molecular weight excluding hydrogens is 388 g/mol. The van der Waals surface area contributed by atoms with Gasteiger partial charge in [-0.25, -0.2) is 0 Å². The molecule has 0 saturated heterocycles. The normalized spacial score (nSPS) is 13.0. The molecule has 0 heterocycles. The molecule has 4 heteroatoms. The number of hydrogen-bond donors (Lipinski definition) is 1. The lowest BCUT2D eigenvalue weighted by Crippen LogP contribution is -2.27. The van der Waals surface area contributed by atoms with Gasteiger partial charge in [-0.1, -0.05) is 88.8 Å². The maximum absolute atomic E-state index is 11.7. The topological polar surface area (TPSA) is 55.8 Å². The van der Waals surface area contributed by atoms with Crippen molar-refractivity contribution in [2.45, 2.75) is 110 Å². The Morgan fingerprint density at radius 1 is 0.806 bits per heavy atom. The number of carbonyl (C=O) groups excluding carboxylic acids is 1. The second-order valence-electron chi connectivity index (χ2n) is 8.03. The van der Waals surface area contributed by atoms with Crippen molar-refractivity contribution in [2.24, 2.45) is 0 Å². The quantitative estimate of drug-likeness (QED) is 0.112. The second-order valence-corrected chi connectivity index (χ2v) is 8.03. The number of unbranched alkanes of at least 4 members (excludes halogenated alkanes) is 8. The first-order chi connectivity index (χ1) is 15.2. The molecule has 0 aliphatic rings. The summed E-state index contributed by atoms with van der Waals surface area (Å²) in [7, 11) is 0. The Morgan fingerprint density at radius 3 is 2.13 bits per heavy atom. The lowest BCUT2D eigenvalue weighted by molar-refractivity contribution is -0.154. The number of rotatable bonds is 22. The van der Waals surface area contributed by atoms with E-state index in [0.29, 0.717) is 13.0 Å². The predicted octanol–water partition coefficient (Wildman–Crippen LogP) is 7.08. The first kappa shape index (κ1) is 29.6. The summed E-state index contributed by atoms with van der Waals surface area (Å²) >= 11 is 0. The Bertz CT molecular complexity index is 468. The highest BCUT2D eigenvalue weighted by Gasteiger charge is 2.13. The van der Waals surface area contributed by atoms with Crippen LogP contribution >= 0.6 is 0 Å². The van der Waals surface area contributed by atoms with Gasteiger partial charge < -0.3 is 14.6 Å². The van der Waals surface area contributed by atoms with Gasteiger partial charge in [-0.2, -0.15) is 0 Å². The summed E-state index contributed by atoms with van der Waals surface area (Å²) in [6.45, 7) is 5.02. The van der Waals surface area contributed by atoms with Gasteiger partial charge in [-0.15, -0.1) is 0 Å². The standard InChI is InChI=1S/C27H48O4/c1-3-5-7-8-9-10-11-12-13-14-15-16-17-18-19-21-23-30-25-26(24-28)31-27(29)22-20-6-4-2/h5,7,9-10,12-13,26,28H,3-4,6,8,11,14-25H2,1-2H3/b7-5-,10-9-,13-12-. The van der Waals surface area contributed by atoms with Crippen LogP contribution in [0.25, 0.3) is 0 Å². The van der Waals surface area contributed by atoms with Crippen LogP contribution in [-0.2, 0) is 14.3 Å². The average molecular weight is 437 g/mol. The highest BCUT2D eigenvalue weighted by atomic mass is 16.6. The molecule has 1 atom stereocenters. The number of hydrogen-bond acceptors (Lipinski definition) is 4. The molecule has 0 aromatic rings. The van der Waals surface area contributed by atoms with Crippen LogP contribution in [0.4, 0.5) is 0 Å². The van der Waals surface area contributed by atoms with E-state index in [2.05, 4.69) is 50.3 Å². The molecule has 0 spiro atoms. The van der Waals surface area contributed by atoms with Gasteiger partial charge in [0.25, 0.3) is 0 Å². The van der Waals surface area contributed by atoms with Crippen LogP contribution in [0, 0.1) is 0 Å². The SMILES string of the molecule is CC/C=C\C/C=C\C/C=C\CCCCCCCCOCC(CO)OC(=O)CCCCC. The molecule has 0 aliphatic carbocycles. The Balaban J connectivity index is 3.44. The summed E-state index contributed by atoms with van der Waals surface area (Å²) in [6.07, 6.45) is 27.9. The molecular formula is C27H48O4. The van der Waals surface area contributed by atoms with Crippen molar-refractivity contribution in [3.8, 4) is 0 Å². The summed E-state index contributed by atoms with van der Waals surface area (Å²) in [5, 5.41) is 9.32.